The van der Waals surface area contributed by atoms with E-state index in [1.165, 1.54) is 30.0 Å². The van der Waals surface area contributed by atoms with Crippen LogP contribution in [0.25, 0.3) is 0 Å². The van der Waals surface area contributed by atoms with Gasteiger partial charge in [-0.15, -0.1) is 11.8 Å². The SMILES string of the molecule is Cc1ccc(NC(=O)CSC(C)C(=O)NCC(O)c2cccc(F)c2)cc1. The summed E-state index contributed by atoms with van der Waals surface area (Å²) in [6, 6.07) is 13.1. The molecule has 7 heteroatoms. The number of thioether (sulfide) groups is 1. The van der Waals surface area contributed by atoms with Crippen LogP contribution in [-0.2, 0) is 9.59 Å². The van der Waals surface area contributed by atoms with Gasteiger partial charge in [-0.05, 0) is 43.7 Å². The highest BCUT2D eigenvalue weighted by atomic mass is 32.2. The Labute approximate surface area is 162 Å². The third-order valence-electron chi connectivity index (χ3n) is 3.87. The van der Waals surface area contributed by atoms with Gasteiger partial charge < -0.3 is 15.7 Å². The van der Waals surface area contributed by atoms with Gasteiger partial charge in [-0.3, -0.25) is 9.59 Å². The Bertz CT molecular complexity index is 783. The first-order chi connectivity index (χ1) is 12.8. The normalized spacial score (nSPS) is 12.9. The van der Waals surface area contributed by atoms with Gasteiger partial charge in [0.2, 0.25) is 11.8 Å². The minimum absolute atomic E-state index is 0.0251. The van der Waals surface area contributed by atoms with Crippen molar-refractivity contribution in [1.82, 2.24) is 5.32 Å². The van der Waals surface area contributed by atoms with Crippen molar-refractivity contribution >= 4 is 29.3 Å². The van der Waals surface area contributed by atoms with Crippen LogP contribution in [0.1, 0.15) is 24.2 Å². The average Bonchev–Trinajstić information content (AvgIpc) is 2.65. The maximum atomic E-state index is 13.2. The molecule has 144 valence electrons. The van der Waals surface area contributed by atoms with Crippen molar-refractivity contribution in [2.45, 2.75) is 25.2 Å². The number of carbonyl (C=O) groups is 2. The molecular formula is C20H23FN2O3S. The van der Waals surface area contributed by atoms with Gasteiger partial charge in [0.1, 0.15) is 5.82 Å². The second kappa shape index (κ2) is 10.1. The van der Waals surface area contributed by atoms with E-state index < -0.39 is 17.2 Å². The number of carbonyl (C=O) groups excluding carboxylic acids is 2. The highest BCUT2D eigenvalue weighted by molar-refractivity contribution is 8.01. The van der Waals surface area contributed by atoms with E-state index in [0.717, 1.165) is 5.56 Å². The first-order valence-corrected chi connectivity index (χ1v) is 9.59. The molecule has 27 heavy (non-hydrogen) atoms. The molecule has 3 N–H and O–H groups in total. The summed E-state index contributed by atoms with van der Waals surface area (Å²) in [5.74, 6) is -0.794. The zero-order chi connectivity index (χ0) is 19.8. The molecule has 0 heterocycles. The maximum absolute atomic E-state index is 13.2. The zero-order valence-corrected chi connectivity index (χ0v) is 16.1. The lowest BCUT2D eigenvalue weighted by Gasteiger charge is -2.15. The van der Waals surface area contributed by atoms with E-state index in [-0.39, 0.29) is 24.1 Å². The van der Waals surface area contributed by atoms with Crippen LogP contribution in [0.2, 0.25) is 0 Å². The Morgan fingerprint density at radius 1 is 1.19 bits per heavy atom. The van der Waals surface area contributed by atoms with Gasteiger partial charge in [-0.25, -0.2) is 4.39 Å². The summed E-state index contributed by atoms with van der Waals surface area (Å²) in [7, 11) is 0. The van der Waals surface area contributed by atoms with Gasteiger partial charge in [0, 0.05) is 12.2 Å². The molecule has 0 spiro atoms. The predicted molar refractivity (Wildman–Crippen MR) is 106 cm³/mol. The van der Waals surface area contributed by atoms with Crippen molar-refractivity contribution in [2.75, 3.05) is 17.6 Å². The van der Waals surface area contributed by atoms with Crippen molar-refractivity contribution in [3.8, 4) is 0 Å². The fraction of sp³-hybridized carbons (Fsp3) is 0.300. The van der Waals surface area contributed by atoms with E-state index in [4.69, 9.17) is 0 Å². The standard InChI is InChI=1S/C20H23FN2O3S/c1-13-6-8-17(9-7-13)23-19(25)12-27-14(2)20(26)22-11-18(24)15-4-3-5-16(21)10-15/h3-10,14,18,24H,11-12H2,1-2H3,(H,22,26)(H,23,25). The number of anilines is 1. The van der Waals surface area contributed by atoms with Gasteiger partial charge in [0.15, 0.2) is 0 Å². The van der Waals surface area contributed by atoms with Crippen molar-refractivity contribution < 1.29 is 19.1 Å². The lowest BCUT2D eigenvalue weighted by atomic mass is 10.1. The van der Waals surface area contributed by atoms with Crippen LogP contribution in [0.5, 0.6) is 0 Å². The second-order valence-electron chi connectivity index (χ2n) is 6.18. The number of aliphatic hydroxyl groups excluding tert-OH is 1. The first kappa shape index (κ1) is 20.9. The molecule has 0 saturated carbocycles. The highest BCUT2D eigenvalue weighted by Gasteiger charge is 2.17. The summed E-state index contributed by atoms with van der Waals surface area (Å²) in [4.78, 5) is 24.1. The molecule has 0 fully saturated rings. The van der Waals surface area contributed by atoms with Crippen molar-refractivity contribution in [1.29, 1.82) is 0 Å². The molecule has 0 aromatic heterocycles. The van der Waals surface area contributed by atoms with Gasteiger partial charge in [-0.2, -0.15) is 0 Å². The molecule has 2 rings (SSSR count). The summed E-state index contributed by atoms with van der Waals surface area (Å²) in [5.41, 5.74) is 2.21. The van der Waals surface area contributed by atoms with Crippen LogP contribution in [-0.4, -0.2) is 34.5 Å². The van der Waals surface area contributed by atoms with E-state index >= 15 is 0 Å². The number of aryl methyl sites for hydroxylation is 1. The molecule has 2 atom stereocenters. The molecule has 2 aromatic rings. The monoisotopic (exact) mass is 390 g/mol. The number of rotatable bonds is 8. The molecule has 0 radical (unpaired) electrons. The molecule has 0 aliphatic carbocycles. The van der Waals surface area contributed by atoms with Crippen molar-refractivity contribution in [2.24, 2.45) is 0 Å². The maximum Gasteiger partial charge on any atom is 0.234 e. The summed E-state index contributed by atoms with van der Waals surface area (Å²) < 4.78 is 13.2. The van der Waals surface area contributed by atoms with Crippen LogP contribution in [0.3, 0.4) is 0 Å². The quantitative estimate of drug-likeness (QED) is 0.647. The van der Waals surface area contributed by atoms with Crippen LogP contribution in [0.15, 0.2) is 48.5 Å². The lowest BCUT2D eigenvalue weighted by Crippen LogP contribution is -2.34. The summed E-state index contributed by atoms with van der Waals surface area (Å²) in [5, 5.41) is 14.9. The van der Waals surface area contributed by atoms with Crippen molar-refractivity contribution in [3.05, 3.63) is 65.5 Å². The smallest absolute Gasteiger partial charge is 0.234 e. The van der Waals surface area contributed by atoms with Crippen LogP contribution >= 0.6 is 11.8 Å². The fourth-order valence-electron chi connectivity index (χ4n) is 2.28. The Morgan fingerprint density at radius 3 is 2.56 bits per heavy atom. The molecule has 0 bridgehead atoms. The number of halogens is 1. The average molecular weight is 390 g/mol. The largest absolute Gasteiger partial charge is 0.387 e. The number of benzene rings is 2. The summed E-state index contributed by atoms with van der Waals surface area (Å²) in [6.07, 6.45) is -0.994. The van der Waals surface area contributed by atoms with Gasteiger partial charge >= 0.3 is 0 Å². The van der Waals surface area contributed by atoms with E-state index in [9.17, 15) is 19.1 Å². The third-order valence-corrected chi connectivity index (χ3v) is 5.01. The Kier molecular flexibility index (Phi) is 7.82. The highest BCUT2D eigenvalue weighted by Crippen LogP contribution is 2.15. The lowest BCUT2D eigenvalue weighted by molar-refractivity contribution is -0.120. The van der Waals surface area contributed by atoms with Gasteiger partial charge in [-0.1, -0.05) is 29.8 Å². The third kappa shape index (κ3) is 7.03. The Morgan fingerprint density at radius 2 is 1.89 bits per heavy atom. The molecule has 0 saturated heterocycles. The fourth-order valence-corrected chi connectivity index (χ4v) is 2.99. The van der Waals surface area contributed by atoms with E-state index in [0.29, 0.717) is 11.3 Å². The molecule has 0 aliphatic heterocycles. The zero-order valence-electron chi connectivity index (χ0n) is 15.2. The molecule has 5 nitrogen and oxygen atoms in total. The minimum atomic E-state index is -0.994. The van der Waals surface area contributed by atoms with Crippen molar-refractivity contribution in [3.63, 3.8) is 0 Å². The molecular weight excluding hydrogens is 367 g/mol. The number of aliphatic hydroxyl groups is 1. The van der Waals surface area contributed by atoms with Crippen LogP contribution in [0.4, 0.5) is 10.1 Å². The van der Waals surface area contributed by atoms with E-state index in [1.807, 2.05) is 31.2 Å². The number of hydrogen-bond donors (Lipinski definition) is 3. The predicted octanol–water partition coefficient (Wildman–Crippen LogP) is 3.04. The molecule has 2 unspecified atom stereocenters. The number of amides is 2. The topological polar surface area (TPSA) is 78.4 Å². The molecule has 2 aromatic carbocycles. The molecule has 0 aliphatic rings. The number of nitrogens with one attached hydrogen (secondary N) is 2. The van der Waals surface area contributed by atoms with Gasteiger partial charge in [0.05, 0.1) is 17.1 Å². The number of hydrogen-bond acceptors (Lipinski definition) is 4. The van der Waals surface area contributed by atoms with Crippen LogP contribution < -0.4 is 10.6 Å². The van der Waals surface area contributed by atoms with E-state index in [2.05, 4.69) is 10.6 Å². The van der Waals surface area contributed by atoms with Crippen LogP contribution in [0, 0.1) is 12.7 Å². The Hall–Kier alpha value is -2.38. The second-order valence-corrected chi connectivity index (χ2v) is 7.51. The first-order valence-electron chi connectivity index (χ1n) is 8.54. The van der Waals surface area contributed by atoms with E-state index in [1.54, 1.807) is 13.0 Å². The summed E-state index contributed by atoms with van der Waals surface area (Å²) in [6.45, 7) is 3.63. The Balaban J connectivity index is 1.73. The minimum Gasteiger partial charge on any atom is -0.387 e. The van der Waals surface area contributed by atoms with Gasteiger partial charge in [0.25, 0.3) is 0 Å². The summed E-state index contributed by atoms with van der Waals surface area (Å²) >= 11 is 1.20. The molecule has 2 amide bonds.